The topological polar surface area (TPSA) is 48.9 Å². The van der Waals surface area contributed by atoms with Crippen LogP contribution in [0.3, 0.4) is 0 Å². The summed E-state index contributed by atoms with van der Waals surface area (Å²) >= 11 is 5.06. The summed E-state index contributed by atoms with van der Waals surface area (Å²) in [4.78, 5) is 24.1. The second-order valence-corrected chi connectivity index (χ2v) is 5.02. The van der Waals surface area contributed by atoms with E-state index in [-0.39, 0.29) is 16.2 Å². The Morgan fingerprint density at radius 1 is 1.19 bits per heavy atom. The molecule has 0 aliphatic heterocycles. The molecular weight excluding hydrogens is 226 g/mol. The van der Waals surface area contributed by atoms with Gasteiger partial charge >= 0.3 is 11.4 Å². The van der Waals surface area contributed by atoms with Crippen LogP contribution >= 0.6 is 12.2 Å². The molecule has 0 saturated carbocycles. The summed E-state index contributed by atoms with van der Waals surface area (Å²) < 4.78 is 4.23. The summed E-state index contributed by atoms with van der Waals surface area (Å²) in [5, 5.41) is 0. The molecule has 0 aliphatic rings. The number of aromatic nitrogens is 3. The highest BCUT2D eigenvalue weighted by atomic mass is 32.1. The lowest BCUT2D eigenvalue weighted by atomic mass is 10.1. The molecule has 0 N–H and O–H groups in total. The zero-order valence-electron chi connectivity index (χ0n) is 10.3. The highest BCUT2D eigenvalue weighted by Gasteiger charge is 2.21. The van der Waals surface area contributed by atoms with Crippen LogP contribution in [0.1, 0.15) is 27.7 Å². The Kier molecular flexibility index (Phi) is 3.23. The summed E-state index contributed by atoms with van der Waals surface area (Å²) in [5.74, 6) is 0. The van der Waals surface area contributed by atoms with Crippen LogP contribution < -0.4 is 11.4 Å². The Morgan fingerprint density at radius 3 is 2.06 bits per heavy atom. The van der Waals surface area contributed by atoms with Gasteiger partial charge in [-0.05, 0) is 39.9 Å². The van der Waals surface area contributed by atoms with E-state index >= 15 is 0 Å². The predicted molar refractivity (Wildman–Crippen MR) is 65.4 cm³/mol. The van der Waals surface area contributed by atoms with Gasteiger partial charge < -0.3 is 0 Å². The third-order valence-electron chi connectivity index (χ3n) is 2.41. The van der Waals surface area contributed by atoms with Gasteiger partial charge in [0.25, 0.3) is 0 Å². The van der Waals surface area contributed by atoms with Gasteiger partial charge in [-0.15, -0.1) is 0 Å². The molecule has 0 amide bonds. The highest BCUT2D eigenvalue weighted by molar-refractivity contribution is 7.71. The fourth-order valence-electron chi connectivity index (χ4n) is 1.54. The molecule has 90 valence electrons. The third-order valence-corrected chi connectivity index (χ3v) is 2.90. The van der Waals surface area contributed by atoms with E-state index in [0.29, 0.717) is 6.54 Å². The standard InChI is InChI=1S/C10H17N3O2S/c1-6-12-8(15)13(10(2,3)4)7(14)11(5)9(12)16/h6H2,1-5H3. The molecule has 1 rings (SSSR count). The van der Waals surface area contributed by atoms with Crippen molar-refractivity contribution < 1.29 is 0 Å². The van der Waals surface area contributed by atoms with Gasteiger partial charge in [0.05, 0.1) is 0 Å². The summed E-state index contributed by atoms with van der Waals surface area (Å²) in [7, 11) is 1.58. The minimum atomic E-state index is -0.550. The van der Waals surface area contributed by atoms with Gasteiger partial charge in [0.15, 0.2) is 4.77 Å². The molecule has 16 heavy (non-hydrogen) atoms. The molecule has 0 spiro atoms. The molecule has 0 fully saturated rings. The lowest BCUT2D eigenvalue weighted by Crippen LogP contribution is -2.51. The normalized spacial score (nSPS) is 11.8. The van der Waals surface area contributed by atoms with E-state index in [0.717, 1.165) is 0 Å². The van der Waals surface area contributed by atoms with Crippen molar-refractivity contribution in [3.8, 4) is 0 Å². The molecule has 1 heterocycles. The van der Waals surface area contributed by atoms with E-state index in [2.05, 4.69) is 0 Å². The Bertz CT molecular complexity index is 572. The van der Waals surface area contributed by atoms with Crippen molar-refractivity contribution in [1.29, 1.82) is 0 Å². The predicted octanol–water partition coefficient (Wildman–Crippen LogP) is 0.853. The highest BCUT2D eigenvalue weighted by Crippen LogP contribution is 2.06. The van der Waals surface area contributed by atoms with E-state index in [4.69, 9.17) is 12.2 Å². The Hall–Kier alpha value is -1.17. The lowest BCUT2D eigenvalue weighted by molar-refractivity contribution is 0.331. The van der Waals surface area contributed by atoms with Gasteiger partial charge in [-0.1, -0.05) is 0 Å². The lowest BCUT2D eigenvalue weighted by Gasteiger charge is -2.23. The second kappa shape index (κ2) is 4.01. The maximum absolute atomic E-state index is 12.1. The van der Waals surface area contributed by atoms with Crippen molar-refractivity contribution in [3.63, 3.8) is 0 Å². The first-order valence-corrected chi connectivity index (χ1v) is 5.56. The molecular formula is C10H17N3O2S. The number of rotatable bonds is 1. The van der Waals surface area contributed by atoms with Crippen LogP contribution in [0.25, 0.3) is 0 Å². The molecule has 6 heteroatoms. The maximum atomic E-state index is 12.1. The SMILES string of the molecule is CCn1c(=S)n(C)c(=O)n(C(C)(C)C)c1=O. The Balaban J connectivity index is 3.93. The second-order valence-electron chi connectivity index (χ2n) is 4.66. The van der Waals surface area contributed by atoms with Crippen LogP contribution in [0.15, 0.2) is 9.59 Å². The van der Waals surface area contributed by atoms with Crippen LogP contribution in [-0.4, -0.2) is 13.7 Å². The van der Waals surface area contributed by atoms with Gasteiger partial charge in [-0.3, -0.25) is 9.13 Å². The average molecular weight is 243 g/mol. The van der Waals surface area contributed by atoms with Crippen molar-refractivity contribution in [3.05, 3.63) is 25.7 Å². The average Bonchev–Trinajstić information content (AvgIpc) is 2.13. The fourth-order valence-corrected chi connectivity index (χ4v) is 1.83. The van der Waals surface area contributed by atoms with Gasteiger partial charge in [0, 0.05) is 19.1 Å². The first-order valence-electron chi connectivity index (χ1n) is 5.15. The van der Waals surface area contributed by atoms with E-state index in [1.807, 2.05) is 27.7 Å². The monoisotopic (exact) mass is 243 g/mol. The minimum Gasteiger partial charge on any atom is -0.273 e. The van der Waals surface area contributed by atoms with Crippen molar-refractivity contribution >= 4 is 12.2 Å². The smallest absolute Gasteiger partial charge is 0.273 e. The molecule has 0 aromatic carbocycles. The summed E-state index contributed by atoms with van der Waals surface area (Å²) in [6, 6.07) is 0. The van der Waals surface area contributed by atoms with Crippen LogP contribution in [0.5, 0.6) is 0 Å². The van der Waals surface area contributed by atoms with Gasteiger partial charge in [-0.25, -0.2) is 14.2 Å². The van der Waals surface area contributed by atoms with E-state index in [9.17, 15) is 9.59 Å². The molecule has 0 bridgehead atoms. The van der Waals surface area contributed by atoms with Crippen molar-refractivity contribution in [2.45, 2.75) is 39.8 Å². The molecule has 0 atom stereocenters. The van der Waals surface area contributed by atoms with Crippen molar-refractivity contribution in [1.82, 2.24) is 13.7 Å². The third kappa shape index (κ3) is 1.89. The fraction of sp³-hybridized carbons (Fsp3) is 0.700. The van der Waals surface area contributed by atoms with Crippen LogP contribution in [-0.2, 0) is 19.1 Å². The van der Waals surface area contributed by atoms with Crippen LogP contribution in [0.2, 0.25) is 0 Å². The van der Waals surface area contributed by atoms with Crippen LogP contribution in [0.4, 0.5) is 0 Å². The number of hydrogen-bond acceptors (Lipinski definition) is 3. The quantitative estimate of drug-likeness (QED) is 0.687. The summed E-state index contributed by atoms with van der Waals surface area (Å²) in [5.41, 5.74) is -1.26. The molecule has 0 unspecified atom stereocenters. The van der Waals surface area contributed by atoms with Gasteiger partial charge in [0.2, 0.25) is 0 Å². The summed E-state index contributed by atoms with van der Waals surface area (Å²) in [6.45, 7) is 7.74. The zero-order chi connectivity index (χ0) is 12.7. The molecule has 0 saturated heterocycles. The van der Waals surface area contributed by atoms with E-state index < -0.39 is 5.54 Å². The van der Waals surface area contributed by atoms with Crippen molar-refractivity contribution in [2.75, 3.05) is 0 Å². The first-order chi connectivity index (χ1) is 7.21. The Labute approximate surface area is 99.0 Å². The largest absolute Gasteiger partial charge is 0.334 e. The number of hydrogen-bond donors (Lipinski definition) is 0. The maximum Gasteiger partial charge on any atom is 0.334 e. The number of nitrogens with zero attached hydrogens (tertiary/aromatic N) is 3. The van der Waals surface area contributed by atoms with E-state index in [1.165, 1.54) is 13.7 Å². The van der Waals surface area contributed by atoms with Gasteiger partial charge in [-0.2, -0.15) is 0 Å². The molecule has 1 aromatic rings. The molecule has 5 nitrogen and oxygen atoms in total. The Morgan fingerprint density at radius 2 is 1.69 bits per heavy atom. The molecule has 0 aliphatic carbocycles. The van der Waals surface area contributed by atoms with Crippen molar-refractivity contribution in [2.24, 2.45) is 7.05 Å². The summed E-state index contributed by atoms with van der Waals surface area (Å²) in [6.07, 6.45) is 0. The first kappa shape index (κ1) is 12.9. The minimum absolute atomic E-state index is 0.262. The van der Waals surface area contributed by atoms with E-state index in [1.54, 1.807) is 7.05 Å². The van der Waals surface area contributed by atoms with Crippen LogP contribution in [0, 0.1) is 4.77 Å². The molecule has 0 radical (unpaired) electrons. The molecule has 1 aromatic heterocycles. The zero-order valence-corrected chi connectivity index (χ0v) is 11.1. The van der Waals surface area contributed by atoms with Gasteiger partial charge in [0.1, 0.15) is 0 Å².